The van der Waals surface area contributed by atoms with Crippen LogP contribution in [0.5, 0.6) is 0 Å². The number of aldehydes is 1. The molecule has 4 heteroatoms. The van der Waals surface area contributed by atoms with E-state index < -0.39 is 0 Å². The van der Waals surface area contributed by atoms with Crippen LogP contribution >= 0.6 is 9.24 Å². The Kier molecular flexibility index (Phi) is 9.08. The van der Waals surface area contributed by atoms with Crippen LogP contribution in [0.2, 0.25) is 0 Å². The molecule has 3 rings (SSSR count). The van der Waals surface area contributed by atoms with Crippen molar-refractivity contribution >= 4 is 32.5 Å². The summed E-state index contributed by atoms with van der Waals surface area (Å²) in [7, 11) is 2.91. The van der Waals surface area contributed by atoms with Gasteiger partial charge in [-0.05, 0) is 37.0 Å². The Labute approximate surface area is 182 Å². The number of hydrogen-bond acceptors (Lipinski definition) is 2. The smallest absolute Gasteiger partial charge is 0.120 e. The second kappa shape index (κ2) is 11.5. The lowest BCUT2D eigenvalue weighted by Gasteiger charge is -2.15. The first kappa shape index (κ1) is 23.6. The summed E-state index contributed by atoms with van der Waals surface area (Å²) < 4.78 is 2.37. The molecule has 1 aliphatic rings. The van der Waals surface area contributed by atoms with E-state index in [0.717, 1.165) is 31.4 Å². The van der Waals surface area contributed by atoms with Crippen LogP contribution < -0.4 is 5.73 Å². The lowest BCUT2D eigenvalue weighted by molar-refractivity contribution is -0.107. The lowest BCUT2D eigenvalue weighted by Crippen LogP contribution is -2.09. The zero-order valence-electron chi connectivity index (χ0n) is 18.1. The quantitative estimate of drug-likeness (QED) is 0.448. The van der Waals surface area contributed by atoms with Crippen LogP contribution in [0.4, 0.5) is 0 Å². The molecule has 1 aromatic carbocycles. The van der Waals surface area contributed by atoms with Gasteiger partial charge >= 0.3 is 0 Å². The second-order valence-corrected chi connectivity index (χ2v) is 8.07. The van der Waals surface area contributed by atoms with Gasteiger partial charge in [-0.2, -0.15) is 0 Å². The predicted molar refractivity (Wildman–Crippen MR) is 135 cm³/mol. The molecule has 0 bridgehead atoms. The number of allylic oxidation sites excluding steroid dienone is 7. The summed E-state index contributed by atoms with van der Waals surface area (Å²) in [5.74, 6) is 0. The predicted octanol–water partition coefficient (Wildman–Crippen LogP) is 5.89. The third kappa shape index (κ3) is 5.70. The summed E-state index contributed by atoms with van der Waals surface area (Å²) in [6, 6.07) is 6.38. The van der Waals surface area contributed by atoms with Crippen molar-refractivity contribution in [2.45, 2.75) is 45.3 Å². The van der Waals surface area contributed by atoms with Crippen molar-refractivity contribution < 1.29 is 4.79 Å². The van der Waals surface area contributed by atoms with Gasteiger partial charge in [-0.1, -0.05) is 68.7 Å². The van der Waals surface area contributed by atoms with E-state index in [-0.39, 0.29) is 0 Å². The molecular weight excluding hydrogens is 387 g/mol. The number of benzene rings is 1. The molecule has 2 atom stereocenters. The molecule has 2 unspecified atom stereocenters. The number of hydrogen-bond donors (Lipinski definition) is 1. The fraction of sp³-hybridized carbons (Fsp3) is 0.269. The fourth-order valence-corrected chi connectivity index (χ4v) is 3.85. The van der Waals surface area contributed by atoms with E-state index >= 15 is 0 Å². The van der Waals surface area contributed by atoms with Gasteiger partial charge in [-0.3, -0.25) is 0 Å². The maximum Gasteiger partial charge on any atom is 0.120 e. The standard InChI is InChI=1S/C22H24NOP.C4H9N/c1-3-19-16(2)23(15-18-9-5-4-6-13-21(18)25)20-12-7-10-17(22(19)20)11-8-14-24;1-3-4(2)5/h3-7,9-10,12-14,21H,1,8,11,15,25H2,2H3;2-3,5H2,1H3. The highest BCUT2D eigenvalue weighted by atomic mass is 31.0. The largest absolute Gasteiger partial charge is 0.403 e. The number of fused-ring (bicyclic) bond motifs is 1. The first-order valence-corrected chi connectivity index (χ1v) is 11.0. The van der Waals surface area contributed by atoms with Crippen LogP contribution in [0.3, 0.4) is 0 Å². The normalized spacial score (nSPS) is 15.2. The summed E-state index contributed by atoms with van der Waals surface area (Å²) in [5, 5.41) is 1.23. The maximum absolute atomic E-state index is 10.8. The van der Waals surface area contributed by atoms with Crippen molar-refractivity contribution in [2.24, 2.45) is 5.73 Å². The Morgan fingerprint density at radius 1 is 1.30 bits per heavy atom. The average Bonchev–Trinajstić information content (AvgIpc) is 2.86. The molecular formula is C26H33N2OP. The van der Waals surface area contributed by atoms with Gasteiger partial charge in [0.05, 0.1) is 0 Å². The minimum absolute atomic E-state index is 0.331. The monoisotopic (exact) mass is 420 g/mol. The van der Waals surface area contributed by atoms with Gasteiger partial charge in [0.15, 0.2) is 0 Å². The Hall–Kier alpha value is -2.64. The van der Waals surface area contributed by atoms with Crippen LogP contribution in [-0.4, -0.2) is 16.5 Å². The van der Waals surface area contributed by atoms with Crippen molar-refractivity contribution in [3.63, 3.8) is 0 Å². The average molecular weight is 421 g/mol. The Balaban J connectivity index is 0.000000575. The highest BCUT2D eigenvalue weighted by Gasteiger charge is 2.17. The lowest BCUT2D eigenvalue weighted by atomic mass is 10.0. The summed E-state index contributed by atoms with van der Waals surface area (Å²) >= 11 is 0. The minimum atomic E-state index is 0.331. The number of carbonyl (C=O) groups excluding carboxylic acids is 1. The van der Waals surface area contributed by atoms with Crippen molar-refractivity contribution in [1.29, 1.82) is 0 Å². The summed E-state index contributed by atoms with van der Waals surface area (Å²) in [6.45, 7) is 12.5. The third-order valence-electron chi connectivity index (χ3n) is 5.29. The summed E-state index contributed by atoms with van der Waals surface area (Å²) in [4.78, 5) is 10.8. The number of rotatable bonds is 7. The van der Waals surface area contributed by atoms with Crippen molar-refractivity contribution in [2.75, 3.05) is 0 Å². The van der Waals surface area contributed by atoms with Gasteiger partial charge in [0.1, 0.15) is 6.29 Å². The van der Waals surface area contributed by atoms with Gasteiger partial charge in [-0.25, -0.2) is 0 Å². The summed E-state index contributed by atoms with van der Waals surface area (Å²) in [6.07, 6.45) is 15.8. The molecule has 158 valence electrons. The second-order valence-electron chi connectivity index (χ2n) is 7.35. The molecule has 1 heterocycles. The fourth-order valence-electron chi connectivity index (χ4n) is 3.51. The Bertz CT molecular complexity index is 1010. The van der Waals surface area contributed by atoms with E-state index in [1.807, 2.05) is 13.0 Å². The van der Waals surface area contributed by atoms with E-state index in [4.69, 9.17) is 5.73 Å². The van der Waals surface area contributed by atoms with Gasteiger partial charge in [0.2, 0.25) is 0 Å². The first-order chi connectivity index (χ1) is 14.4. The van der Waals surface area contributed by atoms with Gasteiger partial charge in [0, 0.05) is 46.5 Å². The molecule has 1 aliphatic carbocycles. The Morgan fingerprint density at radius 2 is 2.03 bits per heavy atom. The minimum Gasteiger partial charge on any atom is -0.403 e. The molecule has 2 aromatic rings. The van der Waals surface area contributed by atoms with Crippen LogP contribution in [0, 0.1) is 6.92 Å². The SMILES string of the molecule is C=C(N)CC.C=Cc1c(C)n(CC2=CC=CC=CC2P)c2cccc(CCC=O)c12. The molecule has 0 spiro atoms. The topological polar surface area (TPSA) is 48.0 Å². The van der Waals surface area contributed by atoms with Crippen molar-refractivity contribution in [3.8, 4) is 0 Å². The highest BCUT2D eigenvalue weighted by molar-refractivity contribution is 7.18. The van der Waals surface area contributed by atoms with Gasteiger partial charge < -0.3 is 15.1 Å². The molecule has 0 aliphatic heterocycles. The van der Waals surface area contributed by atoms with Crippen molar-refractivity contribution in [1.82, 2.24) is 4.57 Å². The first-order valence-electron chi connectivity index (χ1n) is 10.3. The van der Waals surface area contributed by atoms with Crippen LogP contribution in [0.1, 0.15) is 36.6 Å². The molecule has 0 saturated heterocycles. The van der Waals surface area contributed by atoms with Gasteiger partial charge in [0.25, 0.3) is 0 Å². The van der Waals surface area contributed by atoms with E-state index in [9.17, 15) is 4.79 Å². The number of aryl methyl sites for hydroxylation is 1. The van der Waals surface area contributed by atoms with E-state index in [1.54, 1.807) is 0 Å². The third-order valence-corrected chi connectivity index (χ3v) is 5.94. The van der Waals surface area contributed by atoms with Crippen LogP contribution in [0.15, 0.2) is 73.0 Å². The summed E-state index contributed by atoms with van der Waals surface area (Å²) in [5.41, 5.74) is 12.4. The molecule has 2 N–H and O–H groups in total. The van der Waals surface area contributed by atoms with E-state index in [1.165, 1.54) is 33.3 Å². The van der Waals surface area contributed by atoms with E-state index in [0.29, 0.717) is 12.1 Å². The van der Waals surface area contributed by atoms with Gasteiger partial charge in [-0.15, -0.1) is 9.24 Å². The highest BCUT2D eigenvalue weighted by Crippen LogP contribution is 2.32. The number of nitrogens with two attached hydrogens (primary N) is 1. The van der Waals surface area contributed by atoms with Crippen LogP contribution in [0.25, 0.3) is 17.0 Å². The van der Waals surface area contributed by atoms with Crippen LogP contribution in [-0.2, 0) is 17.8 Å². The molecule has 30 heavy (non-hydrogen) atoms. The van der Waals surface area contributed by atoms with E-state index in [2.05, 4.69) is 82.5 Å². The zero-order valence-corrected chi connectivity index (χ0v) is 19.3. The number of aromatic nitrogens is 1. The molecule has 0 fully saturated rings. The molecule has 0 saturated carbocycles. The Morgan fingerprint density at radius 3 is 2.67 bits per heavy atom. The van der Waals surface area contributed by atoms with Crippen molar-refractivity contribution in [3.05, 3.63) is 89.8 Å². The molecule has 1 aromatic heterocycles. The molecule has 3 nitrogen and oxygen atoms in total. The number of nitrogens with zero attached hydrogens (tertiary/aromatic N) is 1. The zero-order chi connectivity index (χ0) is 22.1. The number of carbonyl (C=O) groups is 1. The molecule has 0 amide bonds. The molecule has 0 radical (unpaired) electrons. The maximum atomic E-state index is 10.8.